The zero-order valence-electron chi connectivity index (χ0n) is 13.9. The van der Waals surface area contributed by atoms with E-state index in [0.717, 1.165) is 20.4 Å². The molecule has 0 bridgehead atoms. The molecule has 0 amide bonds. The van der Waals surface area contributed by atoms with Crippen molar-refractivity contribution < 1.29 is 3.83 Å². The van der Waals surface area contributed by atoms with E-state index < -0.39 is 13.8 Å². The zero-order chi connectivity index (χ0) is 17.1. The number of benzene rings is 2. The van der Waals surface area contributed by atoms with Crippen LogP contribution < -0.4 is 22.7 Å². The van der Waals surface area contributed by atoms with E-state index >= 15 is 0 Å². The third kappa shape index (κ3) is 2.20. The van der Waals surface area contributed by atoms with E-state index in [4.69, 9.17) is 0 Å². The standard InChI is InChI=1S/C20H16N2OSe2/c1-12(2)13-8-9-15-14(11-13)22-19-16(24-15)5-3-6-17(19)25(23)18-7-4-10-21-20(18)22/h3-12H,1-2H3. The second kappa shape index (κ2) is 5.62. The van der Waals surface area contributed by atoms with Gasteiger partial charge in [-0.15, -0.1) is 0 Å². The molecule has 3 aromatic rings. The minimum atomic E-state index is -2.27. The van der Waals surface area contributed by atoms with Gasteiger partial charge in [0.15, 0.2) is 0 Å². The Kier molecular flexibility index (Phi) is 3.48. The van der Waals surface area contributed by atoms with Gasteiger partial charge in [0.1, 0.15) is 0 Å². The van der Waals surface area contributed by atoms with Crippen molar-refractivity contribution in [3.63, 3.8) is 0 Å². The first-order valence-electron chi connectivity index (χ1n) is 8.27. The summed E-state index contributed by atoms with van der Waals surface area (Å²) in [5, 5.41) is 0. The fourth-order valence-electron chi connectivity index (χ4n) is 3.38. The normalized spacial score (nSPS) is 17.1. The molecule has 0 N–H and O–H groups in total. The predicted molar refractivity (Wildman–Crippen MR) is 104 cm³/mol. The second-order valence-corrected chi connectivity index (χ2v) is 11.8. The van der Waals surface area contributed by atoms with E-state index in [1.54, 1.807) is 6.20 Å². The van der Waals surface area contributed by atoms with Gasteiger partial charge in [-0.25, -0.2) is 0 Å². The Labute approximate surface area is 157 Å². The van der Waals surface area contributed by atoms with Crippen molar-refractivity contribution in [3.05, 3.63) is 60.3 Å². The Morgan fingerprint density at radius 3 is 2.72 bits per heavy atom. The van der Waals surface area contributed by atoms with Crippen LogP contribution in [-0.4, -0.2) is 33.8 Å². The van der Waals surface area contributed by atoms with Crippen LogP contribution in [0.4, 0.5) is 17.2 Å². The molecule has 3 nitrogen and oxygen atoms in total. The Balaban J connectivity index is 1.85. The maximum atomic E-state index is 13.2. The number of hydrogen-bond donors (Lipinski definition) is 0. The molecule has 25 heavy (non-hydrogen) atoms. The van der Waals surface area contributed by atoms with Crippen molar-refractivity contribution in [2.45, 2.75) is 19.8 Å². The van der Waals surface area contributed by atoms with Crippen LogP contribution in [0.25, 0.3) is 0 Å². The monoisotopic (exact) mass is 460 g/mol. The van der Waals surface area contributed by atoms with Gasteiger partial charge in [-0.2, -0.15) is 0 Å². The summed E-state index contributed by atoms with van der Waals surface area (Å²) in [6.07, 6.45) is 1.80. The van der Waals surface area contributed by atoms with Gasteiger partial charge in [0.05, 0.1) is 0 Å². The summed E-state index contributed by atoms with van der Waals surface area (Å²) in [4.78, 5) is 6.89. The van der Waals surface area contributed by atoms with E-state index in [9.17, 15) is 3.83 Å². The second-order valence-electron chi connectivity index (χ2n) is 6.52. The molecule has 2 aliphatic heterocycles. The molecule has 0 radical (unpaired) electrons. The summed E-state index contributed by atoms with van der Waals surface area (Å²) in [5.74, 6) is 1.32. The SMILES string of the molecule is CC(C)c1ccc2c(c1)N1c3ncccc3[Se](=O)c3cccc(c31)[Se]2. The molecule has 1 aromatic heterocycles. The van der Waals surface area contributed by atoms with Gasteiger partial charge < -0.3 is 0 Å². The average Bonchev–Trinajstić information content (AvgIpc) is 2.64. The van der Waals surface area contributed by atoms with E-state index in [-0.39, 0.29) is 15.0 Å². The Morgan fingerprint density at radius 1 is 1.04 bits per heavy atom. The zero-order valence-corrected chi connectivity index (χ0v) is 17.3. The molecule has 1 atom stereocenters. The molecule has 3 heterocycles. The molecular formula is C20H16N2OSe2. The van der Waals surface area contributed by atoms with Crippen molar-refractivity contribution in [1.29, 1.82) is 0 Å². The third-order valence-corrected chi connectivity index (χ3v) is 10.0. The minimum absolute atomic E-state index is 0.227. The summed E-state index contributed by atoms with van der Waals surface area (Å²) < 4.78 is 17.7. The van der Waals surface area contributed by atoms with Crippen molar-refractivity contribution in [1.82, 2.24) is 4.98 Å². The summed E-state index contributed by atoms with van der Waals surface area (Å²) >= 11 is -2.04. The number of nitrogens with zero attached hydrogens (tertiary/aromatic N) is 2. The Hall–Kier alpha value is -1.77. The number of para-hydroxylation sites is 1. The van der Waals surface area contributed by atoms with Gasteiger partial charge >= 0.3 is 158 Å². The molecule has 2 aromatic carbocycles. The van der Waals surface area contributed by atoms with Crippen molar-refractivity contribution in [2.75, 3.05) is 4.90 Å². The number of pyridine rings is 1. The molecule has 0 spiro atoms. The van der Waals surface area contributed by atoms with Crippen LogP contribution in [0, 0.1) is 0 Å². The van der Waals surface area contributed by atoms with Crippen LogP contribution in [0.5, 0.6) is 0 Å². The number of fused-ring (bicyclic) bond motifs is 4. The van der Waals surface area contributed by atoms with Gasteiger partial charge in [-0.3, -0.25) is 0 Å². The molecule has 5 heteroatoms. The molecule has 0 aliphatic carbocycles. The summed E-state index contributed by atoms with van der Waals surface area (Å²) in [6.45, 7) is 4.44. The van der Waals surface area contributed by atoms with Crippen LogP contribution in [0.15, 0.2) is 54.7 Å². The van der Waals surface area contributed by atoms with E-state index in [2.05, 4.69) is 54.1 Å². The van der Waals surface area contributed by atoms with Gasteiger partial charge in [0.25, 0.3) is 0 Å². The number of hydrogen-bond acceptors (Lipinski definition) is 3. The molecule has 124 valence electrons. The molecule has 0 saturated carbocycles. The Morgan fingerprint density at radius 2 is 1.88 bits per heavy atom. The van der Waals surface area contributed by atoms with Crippen LogP contribution in [0.3, 0.4) is 0 Å². The average molecular weight is 458 g/mol. The molecule has 1 unspecified atom stereocenters. The summed E-state index contributed by atoms with van der Waals surface area (Å²) in [6, 6.07) is 16.9. The maximum absolute atomic E-state index is 13.2. The molecule has 5 rings (SSSR count). The number of aromatic nitrogens is 1. The molecule has 0 fully saturated rings. The molecule has 0 saturated heterocycles. The van der Waals surface area contributed by atoms with Crippen molar-refractivity contribution in [3.8, 4) is 0 Å². The van der Waals surface area contributed by atoms with Crippen molar-refractivity contribution >= 4 is 63.8 Å². The van der Waals surface area contributed by atoms with E-state index in [1.165, 1.54) is 20.2 Å². The van der Waals surface area contributed by atoms with Gasteiger partial charge in [-0.05, 0) is 0 Å². The van der Waals surface area contributed by atoms with Gasteiger partial charge in [-0.1, -0.05) is 0 Å². The fraction of sp³-hybridized carbons (Fsp3) is 0.150. The molecule has 2 aliphatic rings. The van der Waals surface area contributed by atoms with E-state index in [1.807, 2.05) is 18.2 Å². The van der Waals surface area contributed by atoms with Crippen LogP contribution in [0.1, 0.15) is 25.3 Å². The summed E-state index contributed by atoms with van der Waals surface area (Å²) in [7, 11) is 0. The van der Waals surface area contributed by atoms with Crippen LogP contribution >= 0.6 is 0 Å². The van der Waals surface area contributed by atoms with Crippen LogP contribution in [-0.2, 0) is 3.83 Å². The van der Waals surface area contributed by atoms with Crippen molar-refractivity contribution in [2.24, 2.45) is 0 Å². The number of rotatable bonds is 1. The first-order valence-corrected chi connectivity index (χ1v) is 12.4. The number of anilines is 3. The van der Waals surface area contributed by atoms with Crippen LogP contribution in [0.2, 0.25) is 0 Å². The Bertz CT molecular complexity index is 1050. The van der Waals surface area contributed by atoms with E-state index in [0.29, 0.717) is 5.92 Å². The molecular weight excluding hydrogens is 442 g/mol. The third-order valence-electron chi connectivity index (χ3n) is 4.66. The first-order chi connectivity index (χ1) is 12.1. The topological polar surface area (TPSA) is 33.2 Å². The van der Waals surface area contributed by atoms with Gasteiger partial charge in [0.2, 0.25) is 0 Å². The quantitative estimate of drug-likeness (QED) is 0.357. The summed E-state index contributed by atoms with van der Waals surface area (Å²) in [5.41, 5.74) is 3.67. The van der Waals surface area contributed by atoms with Gasteiger partial charge in [0, 0.05) is 0 Å². The predicted octanol–water partition coefficient (Wildman–Crippen LogP) is 1.49. The fourth-order valence-corrected chi connectivity index (χ4v) is 8.74. The first kappa shape index (κ1) is 15.5.